The molecule has 1 aromatic heterocycles. The average molecular weight is 277 g/mol. The van der Waals surface area contributed by atoms with E-state index in [2.05, 4.69) is 29.4 Å². The monoisotopic (exact) mass is 276 g/mol. The molecule has 4 heteroatoms. The number of nitrogens with one attached hydrogen (secondary N) is 1. The molecule has 1 N–H and O–H groups in total. The van der Waals surface area contributed by atoms with Crippen LogP contribution in [0.4, 0.5) is 0 Å². The average Bonchev–Trinajstić information content (AvgIpc) is 2.46. The molecule has 0 aliphatic heterocycles. The summed E-state index contributed by atoms with van der Waals surface area (Å²) in [4.78, 5) is 3.98. The molecule has 2 rings (SSSR count). The number of pyridine rings is 1. The molecule has 0 spiro atoms. The Bertz CT molecular complexity index is 528. The predicted molar refractivity (Wildman–Crippen MR) is 77.5 cm³/mol. The molecule has 0 unspecified atom stereocenters. The van der Waals surface area contributed by atoms with Crippen molar-refractivity contribution in [1.29, 1.82) is 0 Å². The van der Waals surface area contributed by atoms with Crippen molar-refractivity contribution in [3.05, 3.63) is 58.9 Å². The van der Waals surface area contributed by atoms with Gasteiger partial charge in [0.25, 0.3) is 0 Å². The summed E-state index contributed by atoms with van der Waals surface area (Å²) in [5.74, 6) is 0.869. The van der Waals surface area contributed by atoms with Gasteiger partial charge in [-0.15, -0.1) is 0 Å². The Morgan fingerprint density at radius 2 is 2.00 bits per heavy atom. The van der Waals surface area contributed by atoms with Crippen LogP contribution in [0.25, 0.3) is 0 Å². The van der Waals surface area contributed by atoms with Gasteiger partial charge in [0.15, 0.2) is 0 Å². The van der Waals surface area contributed by atoms with E-state index in [-0.39, 0.29) is 6.04 Å². The smallest absolute Gasteiger partial charge is 0.118 e. The second kappa shape index (κ2) is 6.55. The molecule has 0 amide bonds. The number of ether oxygens (including phenoxy) is 1. The summed E-state index contributed by atoms with van der Waals surface area (Å²) in [6.07, 6.45) is 3.41. The van der Waals surface area contributed by atoms with Crippen molar-refractivity contribution in [3.8, 4) is 5.75 Å². The van der Waals surface area contributed by atoms with Gasteiger partial charge in [-0.2, -0.15) is 0 Å². The Labute approximate surface area is 118 Å². The van der Waals surface area contributed by atoms with Crippen LogP contribution in [0.15, 0.2) is 42.7 Å². The van der Waals surface area contributed by atoms with Gasteiger partial charge >= 0.3 is 0 Å². The molecule has 0 radical (unpaired) electrons. The zero-order valence-electron chi connectivity index (χ0n) is 11.1. The number of halogens is 1. The van der Waals surface area contributed by atoms with Gasteiger partial charge in [0.05, 0.1) is 12.1 Å². The van der Waals surface area contributed by atoms with Crippen molar-refractivity contribution in [3.63, 3.8) is 0 Å². The van der Waals surface area contributed by atoms with Crippen molar-refractivity contribution in [2.45, 2.75) is 19.5 Å². The molecule has 1 heterocycles. The third kappa shape index (κ3) is 3.69. The lowest BCUT2D eigenvalue weighted by Gasteiger charge is -2.15. The maximum Gasteiger partial charge on any atom is 0.118 e. The lowest BCUT2D eigenvalue weighted by Crippen LogP contribution is -2.18. The zero-order chi connectivity index (χ0) is 13.7. The summed E-state index contributed by atoms with van der Waals surface area (Å²) in [6.45, 7) is 2.84. The molecule has 0 saturated heterocycles. The normalized spacial score (nSPS) is 12.2. The molecule has 3 nitrogen and oxygen atoms in total. The zero-order valence-corrected chi connectivity index (χ0v) is 11.8. The van der Waals surface area contributed by atoms with Gasteiger partial charge in [-0.1, -0.05) is 23.7 Å². The molecule has 0 saturated carbocycles. The number of aromatic nitrogens is 1. The van der Waals surface area contributed by atoms with Gasteiger partial charge < -0.3 is 10.1 Å². The van der Waals surface area contributed by atoms with Crippen LogP contribution < -0.4 is 10.1 Å². The van der Waals surface area contributed by atoms with Crippen molar-refractivity contribution < 1.29 is 4.74 Å². The van der Waals surface area contributed by atoms with Gasteiger partial charge in [0, 0.05) is 25.0 Å². The Morgan fingerprint density at radius 3 is 2.63 bits per heavy atom. The Kier molecular flexibility index (Phi) is 4.77. The fourth-order valence-corrected chi connectivity index (χ4v) is 2.01. The summed E-state index contributed by atoms with van der Waals surface area (Å²) >= 11 is 6.07. The number of methoxy groups -OCH3 is 1. The first-order valence-corrected chi connectivity index (χ1v) is 6.54. The summed E-state index contributed by atoms with van der Waals surface area (Å²) < 4.78 is 5.15. The number of hydrogen-bond acceptors (Lipinski definition) is 3. The number of benzene rings is 1. The van der Waals surface area contributed by atoms with Gasteiger partial charge in [-0.25, -0.2) is 0 Å². The largest absolute Gasteiger partial charge is 0.497 e. The van der Waals surface area contributed by atoms with Crippen LogP contribution in [-0.4, -0.2) is 12.1 Å². The van der Waals surface area contributed by atoms with Gasteiger partial charge in [0.1, 0.15) is 5.75 Å². The fraction of sp³-hybridized carbons (Fsp3) is 0.267. The molecule has 100 valence electrons. The fourth-order valence-electron chi connectivity index (χ4n) is 1.82. The van der Waals surface area contributed by atoms with E-state index in [1.807, 2.05) is 18.2 Å². The number of hydrogen-bond donors (Lipinski definition) is 1. The molecule has 1 atom stereocenters. The quantitative estimate of drug-likeness (QED) is 0.906. The lowest BCUT2D eigenvalue weighted by molar-refractivity contribution is 0.414. The summed E-state index contributed by atoms with van der Waals surface area (Å²) in [7, 11) is 1.67. The Hall–Kier alpha value is -1.58. The van der Waals surface area contributed by atoms with Crippen LogP contribution in [0.2, 0.25) is 5.02 Å². The minimum atomic E-state index is 0.245. The molecule has 0 aliphatic carbocycles. The molecule has 0 aliphatic rings. The third-order valence-corrected chi connectivity index (χ3v) is 3.41. The first kappa shape index (κ1) is 13.8. The maximum atomic E-state index is 6.07. The van der Waals surface area contributed by atoms with Crippen LogP contribution in [-0.2, 0) is 6.54 Å². The molecule has 0 fully saturated rings. The lowest BCUT2D eigenvalue weighted by atomic mass is 10.1. The van der Waals surface area contributed by atoms with E-state index in [0.29, 0.717) is 11.6 Å². The highest BCUT2D eigenvalue weighted by molar-refractivity contribution is 6.31. The van der Waals surface area contributed by atoms with Crippen molar-refractivity contribution >= 4 is 11.6 Å². The van der Waals surface area contributed by atoms with Crippen molar-refractivity contribution in [2.24, 2.45) is 0 Å². The second-order valence-corrected chi connectivity index (χ2v) is 4.75. The van der Waals surface area contributed by atoms with E-state index in [9.17, 15) is 0 Å². The van der Waals surface area contributed by atoms with Crippen LogP contribution in [0.5, 0.6) is 5.75 Å². The first-order valence-electron chi connectivity index (χ1n) is 6.16. The molecule has 2 aromatic rings. The van der Waals surface area contributed by atoms with Gasteiger partial charge in [-0.05, 0) is 36.2 Å². The predicted octanol–water partition coefficient (Wildman–Crippen LogP) is 3.59. The molecule has 1 aromatic carbocycles. The van der Waals surface area contributed by atoms with Crippen LogP contribution in [0.3, 0.4) is 0 Å². The number of nitrogens with zero attached hydrogens (tertiary/aromatic N) is 1. The third-order valence-electron chi connectivity index (χ3n) is 3.07. The Balaban J connectivity index is 1.97. The van der Waals surface area contributed by atoms with Crippen LogP contribution in [0.1, 0.15) is 24.1 Å². The summed E-state index contributed by atoms with van der Waals surface area (Å²) in [5.41, 5.74) is 2.27. The van der Waals surface area contributed by atoms with E-state index in [0.717, 1.165) is 11.3 Å². The van der Waals surface area contributed by atoms with E-state index < -0.39 is 0 Å². The van der Waals surface area contributed by atoms with E-state index in [1.54, 1.807) is 19.5 Å². The van der Waals surface area contributed by atoms with Crippen LogP contribution >= 0.6 is 11.6 Å². The molecule has 19 heavy (non-hydrogen) atoms. The second-order valence-electron chi connectivity index (χ2n) is 4.34. The summed E-state index contributed by atoms with van der Waals surface area (Å²) in [5, 5.41) is 4.13. The summed E-state index contributed by atoms with van der Waals surface area (Å²) in [6, 6.07) is 10.2. The van der Waals surface area contributed by atoms with E-state index in [1.165, 1.54) is 5.56 Å². The van der Waals surface area contributed by atoms with Gasteiger partial charge in [-0.3, -0.25) is 4.98 Å². The SMILES string of the molecule is COc1ccc([C@@H](C)NCc2ccncc2Cl)cc1. The minimum absolute atomic E-state index is 0.245. The topological polar surface area (TPSA) is 34.1 Å². The first-order chi connectivity index (χ1) is 9.20. The van der Waals surface area contributed by atoms with E-state index >= 15 is 0 Å². The molecular weight excluding hydrogens is 260 g/mol. The van der Waals surface area contributed by atoms with Crippen molar-refractivity contribution in [2.75, 3.05) is 7.11 Å². The van der Waals surface area contributed by atoms with Gasteiger partial charge in [0.2, 0.25) is 0 Å². The van der Waals surface area contributed by atoms with E-state index in [4.69, 9.17) is 16.3 Å². The highest BCUT2D eigenvalue weighted by Gasteiger charge is 2.06. The van der Waals surface area contributed by atoms with Crippen molar-refractivity contribution in [1.82, 2.24) is 10.3 Å². The standard InChI is InChI=1S/C15H17ClN2O/c1-11(12-3-5-14(19-2)6-4-12)18-9-13-7-8-17-10-15(13)16/h3-8,10-11,18H,9H2,1-2H3/t11-/m1/s1. The number of rotatable bonds is 5. The Morgan fingerprint density at radius 1 is 1.26 bits per heavy atom. The molecule has 0 bridgehead atoms. The maximum absolute atomic E-state index is 6.07. The molecular formula is C15H17ClN2O. The minimum Gasteiger partial charge on any atom is -0.497 e. The highest BCUT2D eigenvalue weighted by Crippen LogP contribution is 2.19. The highest BCUT2D eigenvalue weighted by atomic mass is 35.5. The van der Waals surface area contributed by atoms with Crippen LogP contribution in [0, 0.1) is 0 Å².